The van der Waals surface area contributed by atoms with Gasteiger partial charge in [0.2, 0.25) is 5.91 Å². The molecule has 0 atom stereocenters. The van der Waals surface area contributed by atoms with Crippen molar-refractivity contribution in [3.8, 4) is 0 Å². The standard InChI is InChI=1S/C21H25FN2O/c1-16-5-4-6-17(13-16)15-24-11-9-18(10-12-24)21(25)23-14-19-7-2-3-8-20(19)22/h2-8,13,18H,9-12,14-15H2,1H3,(H,23,25). The van der Waals surface area contributed by atoms with Gasteiger partial charge in [0.1, 0.15) is 5.82 Å². The molecule has 1 heterocycles. The fourth-order valence-electron chi connectivity index (χ4n) is 3.39. The molecular formula is C21H25FN2O. The summed E-state index contributed by atoms with van der Waals surface area (Å²) in [5, 5.41) is 2.88. The zero-order valence-electron chi connectivity index (χ0n) is 14.7. The molecular weight excluding hydrogens is 315 g/mol. The van der Waals surface area contributed by atoms with Crippen LogP contribution in [0.15, 0.2) is 48.5 Å². The van der Waals surface area contributed by atoms with E-state index in [0.29, 0.717) is 5.56 Å². The molecule has 1 amide bonds. The van der Waals surface area contributed by atoms with Crippen LogP contribution in [0.5, 0.6) is 0 Å². The Balaban J connectivity index is 1.45. The van der Waals surface area contributed by atoms with Gasteiger partial charge in [0.25, 0.3) is 0 Å². The summed E-state index contributed by atoms with van der Waals surface area (Å²) < 4.78 is 13.6. The molecule has 1 aliphatic rings. The minimum Gasteiger partial charge on any atom is -0.352 e. The van der Waals surface area contributed by atoms with Crippen LogP contribution in [-0.4, -0.2) is 23.9 Å². The van der Waals surface area contributed by atoms with Crippen molar-refractivity contribution in [3.63, 3.8) is 0 Å². The fourth-order valence-corrected chi connectivity index (χ4v) is 3.39. The van der Waals surface area contributed by atoms with E-state index in [0.717, 1.165) is 32.5 Å². The van der Waals surface area contributed by atoms with Gasteiger partial charge in [-0.2, -0.15) is 0 Å². The molecule has 1 aliphatic heterocycles. The Hall–Kier alpha value is -2.20. The number of nitrogens with zero attached hydrogens (tertiary/aromatic N) is 1. The molecule has 3 rings (SSSR count). The summed E-state index contributed by atoms with van der Waals surface area (Å²) in [6, 6.07) is 15.1. The molecule has 0 bridgehead atoms. The van der Waals surface area contributed by atoms with Crippen molar-refractivity contribution in [2.24, 2.45) is 5.92 Å². The van der Waals surface area contributed by atoms with Crippen molar-refractivity contribution in [3.05, 3.63) is 71.0 Å². The maximum Gasteiger partial charge on any atom is 0.223 e. The first-order valence-electron chi connectivity index (χ1n) is 8.91. The van der Waals surface area contributed by atoms with Crippen LogP contribution in [-0.2, 0) is 17.9 Å². The second-order valence-electron chi connectivity index (χ2n) is 6.85. The van der Waals surface area contributed by atoms with Gasteiger partial charge in [0.05, 0.1) is 0 Å². The van der Waals surface area contributed by atoms with Crippen molar-refractivity contribution in [1.29, 1.82) is 0 Å². The van der Waals surface area contributed by atoms with E-state index in [2.05, 4.69) is 41.4 Å². The van der Waals surface area contributed by atoms with Crippen molar-refractivity contribution in [2.75, 3.05) is 13.1 Å². The van der Waals surface area contributed by atoms with Crippen LogP contribution in [0.2, 0.25) is 0 Å². The molecule has 132 valence electrons. The normalized spacial score (nSPS) is 15.9. The van der Waals surface area contributed by atoms with Crippen LogP contribution < -0.4 is 5.32 Å². The number of likely N-dealkylation sites (tertiary alicyclic amines) is 1. The van der Waals surface area contributed by atoms with Crippen molar-refractivity contribution < 1.29 is 9.18 Å². The highest BCUT2D eigenvalue weighted by molar-refractivity contribution is 5.78. The minimum absolute atomic E-state index is 0.0283. The zero-order valence-corrected chi connectivity index (χ0v) is 14.7. The zero-order chi connectivity index (χ0) is 17.6. The maximum absolute atomic E-state index is 13.6. The molecule has 0 unspecified atom stereocenters. The molecule has 1 fully saturated rings. The number of piperidine rings is 1. The number of carbonyl (C=O) groups is 1. The van der Waals surface area contributed by atoms with E-state index in [1.54, 1.807) is 18.2 Å². The molecule has 0 saturated carbocycles. The summed E-state index contributed by atoms with van der Waals surface area (Å²) in [5.74, 6) is -0.199. The lowest BCUT2D eigenvalue weighted by molar-refractivity contribution is -0.126. The van der Waals surface area contributed by atoms with Gasteiger partial charge in [-0.15, -0.1) is 0 Å². The fraction of sp³-hybridized carbons (Fsp3) is 0.381. The van der Waals surface area contributed by atoms with Crippen LogP contribution in [0.25, 0.3) is 0 Å². The molecule has 2 aromatic rings. The van der Waals surface area contributed by atoms with Gasteiger partial charge in [0, 0.05) is 24.6 Å². The SMILES string of the molecule is Cc1cccc(CN2CCC(C(=O)NCc3ccccc3F)CC2)c1. The second-order valence-corrected chi connectivity index (χ2v) is 6.85. The van der Waals surface area contributed by atoms with Crippen LogP contribution in [0.4, 0.5) is 4.39 Å². The van der Waals surface area contributed by atoms with Gasteiger partial charge in [0.15, 0.2) is 0 Å². The largest absolute Gasteiger partial charge is 0.352 e. The topological polar surface area (TPSA) is 32.3 Å². The lowest BCUT2D eigenvalue weighted by Gasteiger charge is -2.31. The van der Waals surface area contributed by atoms with E-state index in [-0.39, 0.29) is 24.2 Å². The maximum atomic E-state index is 13.6. The van der Waals surface area contributed by atoms with E-state index in [1.807, 2.05) is 0 Å². The number of benzene rings is 2. The Morgan fingerprint density at radius 3 is 2.64 bits per heavy atom. The van der Waals surface area contributed by atoms with Crippen LogP contribution >= 0.6 is 0 Å². The summed E-state index contributed by atoms with van der Waals surface area (Å²) in [7, 11) is 0. The van der Waals surface area contributed by atoms with E-state index < -0.39 is 0 Å². The second kappa shape index (κ2) is 8.26. The molecule has 2 aromatic carbocycles. The smallest absolute Gasteiger partial charge is 0.223 e. The third kappa shape index (κ3) is 4.89. The number of halogens is 1. The van der Waals surface area contributed by atoms with E-state index in [1.165, 1.54) is 17.2 Å². The monoisotopic (exact) mass is 340 g/mol. The number of hydrogen-bond donors (Lipinski definition) is 1. The van der Waals surface area contributed by atoms with Crippen LogP contribution in [0.3, 0.4) is 0 Å². The number of hydrogen-bond acceptors (Lipinski definition) is 2. The number of amides is 1. The quantitative estimate of drug-likeness (QED) is 0.901. The molecule has 1 N–H and O–H groups in total. The third-order valence-corrected chi connectivity index (χ3v) is 4.86. The number of aryl methyl sites for hydroxylation is 1. The average Bonchev–Trinajstić information content (AvgIpc) is 2.61. The first-order valence-corrected chi connectivity index (χ1v) is 8.91. The number of nitrogens with one attached hydrogen (secondary N) is 1. The molecule has 3 nitrogen and oxygen atoms in total. The average molecular weight is 340 g/mol. The Labute approximate surface area is 148 Å². The van der Waals surface area contributed by atoms with Crippen molar-refractivity contribution in [1.82, 2.24) is 10.2 Å². The summed E-state index contributed by atoms with van der Waals surface area (Å²) in [4.78, 5) is 14.7. The summed E-state index contributed by atoms with van der Waals surface area (Å²) in [6.45, 7) is 5.15. The highest BCUT2D eigenvalue weighted by Crippen LogP contribution is 2.20. The molecule has 4 heteroatoms. The molecule has 0 aliphatic carbocycles. The first kappa shape index (κ1) is 17.6. The molecule has 1 saturated heterocycles. The molecule has 0 spiro atoms. The third-order valence-electron chi connectivity index (χ3n) is 4.86. The van der Waals surface area contributed by atoms with Gasteiger partial charge in [-0.1, -0.05) is 48.0 Å². The Bertz CT molecular complexity index is 723. The van der Waals surface area contributed by atoms with Gasteiger partial charge in [-0.3, -0.25) is 9.69 Å². The minimum atomic E-state index is -0.268. The predicted octanol–water partition coefficient (Wildman–Crippen LogP) is 3.66. The molecule has 25 heavy (non-hydrogen) atoms. The lowest BCUT2D eigenvalue weighted by Crippen LogP contribution is -2.40. The Morgan fingerprint density at radius 1 is 1.16 bits per heavy atom. The van der Waals surface area contributed by atoms with Crippen LogP contribution in [0.1, 0.15) is 29.5 Å². The Kier molecular flexibility index (Phi) is 5.82. The predicted molar refractivity (Wildman–Crippen MR) is 97.4 cm³/mol. The number of carbonyl (C=O) groups excluding carboxylic acids is 1. The van der Waals surface area contributed by atoms with Gasteiger partial charge < -0.3 is 5.32 Å². The lowest BCUT2D eigenvalue weighted by atomic mass is 9.95. The molecule has 0 radical (unpaired) electrons. The highest BCUT2D eigenvalue weighted by Gasteiger charge is 2.24. The number of rotatable bonds is 5. The van der Waals surface area contributed by atoms with Crippen molar-refractivity contribution >= 4 is 5.91 Å². The van der Waals surface area contributed by atoms with Crippen LogP contribution in [0, 0.1) is 18.7 Å². The highest BCUT2D eigenvalue weighted by atomic mass is 19.1. The van der Waals surface area contributed by atoms with Gasteiger partial charge in [-0.25, -0.2) is 4.39 Å². The van der Waals surface area contributed by atoms with E-state index >= 15 is 0 Å². The first-order chi connectivity index (χ1) is 12.1. The summed E-state index contributed by atoms with van der Waals surface area (Å²) in [6.07, 6.45) is 1.71. The van der Waals surface area contributed by atoms with Gasteiger partial charge >= 0.3 is 0 Å². The summed E-state index contributed by atoms with van der Waals surface area (Å²) >= 11 is 0. The van der Waals surface area contributed by atoms with Crippen molar-refractivity contribution in [2.45, 2.75) is 32.9 Å². The van der Waals surface area contributed by atoms with Gasteiger partial charge in [-0.05, 0) is 44.5 Å². The summed E-state index contributed by atoms with van der Waals surface area (Å²) in [5.41, 5.74) is 3.13. The van der Waals surface area contributed by atoms with E-state index in [4.69, 9.17) is 0 Å². The molecule has 0 aromatic heterocycles. The Morgan fingerprint density at radius 2 is 1.92 bits per heavy atom. The van der Waals surface area contributed by atoms with E-state index in [9.17, 15) is 9.18 Å².